The van der Waals surface area contributed by atoms with E-state index in [1.165, 1.54) is 36.1 Å². The van der Waals surface area contributed by atoms with E-state index in [9.17, 15) is 5.11 Å². The van der Waals surface area contributed by atoms with Crippen LogP contribution in [0.2, 0.25) is 0 Å². The maximum absolute atomic E-state index is 10.3. The van der Waals surface area contributed by atoms with Crippen LogP contribution in [0.1, 0.15) is 41.7 Å². The summed E-state index contributed by atoms with van der Waals surface area (Å²) >= 11 is 1.87. The molecule has 4 rings (SSSR count). The minimum absolute atomic E-state index is 0.143. The molecule has 1 saturated heterocycles. The van der Waals surface area contributed by atoms with Gasteiger partial charge in [0, 0.05) is 49.7 Å². The average Bonchev–Trinajstić information content (AvgIpc) is 3.36. The third-order valence-corrected chi connectivity index (χ3v) is 7.29. The molecule has 0 spiro atoms. The SMILES string of the molecule is CN1CCN(Cc2cc(CNC3(c4cccs4)CCCC3)ccc2O)CC1. The van der Waals surface area contributed by atoms with Gasteiger partial charge in [0.05, 0.1) is 5.54 Å². The van der Waals surface area contributed by atoms with Crippen molar-refractivity contribution < 1.29 is 5.11 Å². The van der Waals surface area contributed by atoms with E-state index in [0.29, 0.717) is 5.75 Å². The quantitative estimate of drug-likeness (QED) is 0.794. The van der Waals surface area contributed by atoms with Gasteiger partial charge in [-0.15, -0.1) is 11.3 Å². The minimum atomic E-state index is 0.143. The maximum atomic E-state index is 10.3. The lowest BCUT2D eigenvalue weighted by molar-refractivity contribution is 0.147. The van der Waals surface area contributed by atoms with Crippen molar-refractivity contribution in [1.82, 2.24) is 15.1 Å². The molecule has 1 saturated carbocycles. The highest BCUT2D eigenvalue weighted by Gasteiger charge is 2.35. The second-order valence-electron chi connectivity index (χ2n) is 8.16. The lowest BCUT2D eigenvalue weighted by Crippen LogP contribution is -2.43. The molecule has 0 radical (unpaired) electrons. The largest absolute Gasteiger partial charge is 0.508 e. The summed E-state index contributed by atoms with van der Waals surface area (Å²) in [6.45, 7) is 6.04. The van der Waals surface area contributed by atoms with Crippen LogP contribution in [-0.2, 0) is 18.6 Å². The number of aromatic hydroxyl groups is 1. The molecule has 0 bridgehead atoms. The standard InChI is InChI=1S/C22H31N3OS/c1-24-10-12-25(13-11-24)17-19-15-18(6-7-20(19)26)16-23-22(8-2-3-9-22)21-5-4-14-27-21/h4-7,14-15,23,26H,2-3,8-13,16-17H2,1H3. The van der Waals surface area contributed by atoms with Crippen molar-refractivity contribution in [1.29, 1.82) is 0 Å². The molecule has 0 amide bonds. The highest BCUT2D eigenvalue weighted by molar-refractivity contribution is 7.10. The highest BCUT2D eigenvalue weighted by Crippen LogP contribution is 2.41. The summed E-state index contributed by atoms with van der Waals surface area (Å²) < 4.78 is 0. The maximum Gasteiger partial charge on any atom is 0.120 e. The van der Waals surface area contributed by atoms with Gasteiger partial charge >= 0.3 is 0 Å². The number of nitrogens with zero attached hydrogens (tertiary/aromatic N) is 2. The molecule has 0 unspecified atom stereocenters. The normalized spacial score (nSPS) is 20.9. The number of hydrogen-bond donors (Lipinski definition) is 2. The number of rotatable bonds is 6. The van der Waals surface area contributed by atoms with Crippen molar-refractivity contribution >= 4 is 11.3 Å². The van der Waals surface area contributed by atoms with Gasteiger partial charge < -0.3 is 15.3 Å². The zero-order valence-corrected chi connectivity index (χ0v) is 17.1. The average molecular weight is 386 g/mol. The van der Waals surface area contributed by atoms with E-state index in [2.05, 4.69) is 51.8 Å². The van der Waals surface area contributed by atoms with Crippen LogP contribution in [0.3, 0.4) is 0 Å². The molecule has 27 heavy (non-hydrogen) atoms. The van der Waals surface area contributed by atoms with Crippen molar-refractivity contribution in [2.45, 2.75) is 44.3 Å². The third kappa shape index (κ3) is 4.37. The first-order valence-corrected chi connectivity index (χ1v) is 11.0. The second-order valence-corrected chi connectivity index (χ2v) is 9.11. The van der Waals surface area contributed by atoms with Gasteiger partial charge in [-0.3, -0.25) is 4.90 Å². The monoisotopic (exact) mass is 385 g/mol. The smallest absolute Gasteiger partial charge is 0.120 e. The molecule has 146 valence electrons. The molecule has 2 N–H and O–H groups in total. The zero-order chi connectivity index (χ0) is 18.7. The Labute approximate surface area is 166 Å². The molecule has 1 aliphatic carbocycles. The third-order valence-electron chi connectivity index (χ3n) is 6.21. The Kier molecular flexibility index (Phi) is 5.83. The van der Waals surface area contributed by atoms with E-state index in [0.717, 1.165) is 44.8 Å². The van der Waals surface area contributed by atoms with Gasteiger partial charge in [0.1, 0.15) is 5.75 Å². The number of phenols is 1. The molecular formula is C22H31N3OS. The molecule has 2 fully saturated rings. The van der Waals surface area contributed by atoms with Crippen LogP contribution in [-0.4, -0.2) is 48.1 Å². The number of thiophene rings is 1. The number of phenolic OH excluding ortho intramolecular Hbond substituents is 1. The van der Waals surface area contributed by atoms with Crippen molar-refractivity contribution in [3.8, 4) is 5.75 Å². The van der Waals surface area contributed by atoms with E-state index >= 15 is 0 Å². The summed E-state index contributed by atoms with van der Waals surface area (Å²) in [5.74, 6) is 0.423. The lowest BCUT2D eigenvalue weighted by Gasteiger charge is -2.32. The van der Waals surface area contributed by atoms with Crippen LogP contribution in [0.25, 0.3) is 0 Å². The minimum Gasteiger partial charge on any atom is -0.508 e. The van der Waals surface area contributed by atoms with Crippen LogP contribution in [0.15, 0.2) is 35.7 Å². The fourth-order valence-corrected chi connectivity index (χ4v) is 5.40. The van der Waals surface area contributed by atoms with E-state index in [4.69, 9.17) is 0 Å². The first-order chi connectivity index (χ1) is 13.1. The van der Waals surface area contributed by atoms with Gasteiger partial charge in [-0.2, -0.15) is 0 Å². The van der Waals surface area contributed by atoms with Gasteiger partial charge in [-0.25, -0.2) is 0 Å². The van der Waals surface area contributed by atoms with Gasteiger partial charge in [-0.05, 0) is 49.0 Å². The van der Waals surface area contributed by atoms with Crippen LogP contribution in [0.4, 0.5) is 0 Å². The van der Waals surface area contributed by atoms with Crippen LogP contribution in [0.5, 0.6) is 5.75 Å². The molecule has 2 heterocycles. The molecule has 0 atom stereocenters. The van der Waals surface area contributed by atoms with Crippen LogP contribution in [0, 0.1) is 0 Å². The first-order valence-electron chi connectivity index (χ1n) is 10.2. The summed E-state index contributed by atoms with van der Waals surface area (Å²) in [5, 5.41) is 16.4. The summed E-state index contributed by atoms with van der Waals surface area (Å²) in [6.07, 6.45) is 5.05. The van der Waals surface area contributed by atoms with Gasteiger partial charge in [-0.1, -0.05) is 25.0 Å². The Morgan fingerprint density at radius 3 is 2.59 bits per heavy atom. The Bertz CT molecular complexity index is 732. The highest BCUT2D eigenvalue weighted by atomic mass is 32.1. The molecule has 1 aromatic carbocycles. The van der Waals surface area contributed by atoms with E-state index in [1.807, 2.05) is 17.4 Å². The Morgan fingerprint density at radius 1 is 1.11 bits per heavy atom. The Hall–Kier alpha value is -1.40. The molecule has 1 aliphatic heterocycles. The molecule has 4 nitrogen and oxygen atoms in total. The molecule has 2 aromatic rings. The van der Waals surface area contributed by atoms with Crippen molar-refractivity contribution in [2.75, 3.05) is 33.2 Å². The van der Waals surface area contributed by atoms with Crippen LogP contribution >= 0.6 is 11.3 Å². The molecule has 2 aliphatic rings. The van der Waals surface area contributed by atoms with Gasteiger partial charge in [0.15, 0.2) is 0 Å². The number of hydrogen-bond acceptors (Lipinski definition) is 5. The predicted molar refractivity (Wildman–Crippen MR) is 112 cm³/mol. The van der Waals surface area contributed by atoms with E-state index in [1.54, 1.807) is 0 Å². The topological polar surface area (TPSA) is 38.7 Å². The van der Waals surface area contributed by atoms with E-state index in [-0.39, 0.29) is 5.54 Å². The molecule has 5 heteroatoms. The number of piperazine rings is 1. The van der Waals surface area contributed by atoms with Crippen molar-refractivity contribution in [3.63, 3.8) is 0 Å². The van der Waals surface area contributed by atoms with Crippen LogP contribution < -0.4 is 5.32 Å². The molecular weight excluding hydrogens is 354 g/mol. The van der Waals surface area contributed by atoms with Crippen molar-refractivity contribution in [2.24, 2.45) is 0 Å². The molecule has 1 aromatic heterocycles. The number of benzene rings is 1. The summed E-state index contributed by atoms with van der Waals surface area (Å²) in [6, 6.07) is 10.6. The first kappa shape index (κ1) is 18.9. The van der Waals surface area contributed by atoms with Crippen molar-refractivity contribution in [3.05, 3.63) is 51.7 Å². The Morgan fingerprint density at radius 2 is 1.89 bits per heavy atom. The fourth-order valence-electron chi connectivity index (χ4n) is 4.43. The summed E-state index contributed by atoms with van der Waals surface area (Å²) in [7, 11) is 2.17. The fraction of sp³-hybridized carbons (Fsp3) is 0.545. The van der Waals surface area contributed by atoms with Gasteiger partial charge in [0.25, 0.3) is 0 Å². The predicted octanol–water partition coefficient (Wildman–Crippen LogP) is 3.76. The zero-order valence-electron chi connectivity index (χ0n) is 16.3. The second kappa shape index (κ2) is 8.31. The number of likely N-dealkylation sites (N-methyl/N-ethyl adjacent to an activating group) is 1. The summed E-state index contributed by atoms with van der Waals surface area (Å²) in [4.78, 5) is 6.27. The van der Waals surface area contributed by atoms with Gasteiger partial charge in [0.2, 0.25) is 0 Å². The lowest BCUT2D eigenvalue weighted by atomic mass is 9.94. The Balaban J connectivity index is 1.43. The van der Waals surface area contributed by atoms with E-state index < -0.39 is 0 Å². The number of nitrogens with one attached hydrogen (secondary N) is 1. The summed E-state index contributed by atoms with van der Waals surface area (Å²) in [5.41, 5.74) is 2.46.